The maximum atomic E-state index is 13.8. The third-order valence-corrected chi connectivity index (χ3v) is 7.40. The van der Waals surface area contributed by atoms with Crippen LogP contribution in [0.5, 0.6) is 0 Å². The molecule has 0 saturated heterocycles. The number of anilines is 1. The second kappa shape index (κ2) is 11.2. The van der Waals surface area contributed by atoms with Gasteiger partial charge in [-0.3, -0.25) is 4.79 Å². The smallest absolute Gasteiger partial charge is 0.274 e. The van der Waals surface area contributed by atoms with E-state index in [-0.39, 0.29) is 23.7 Å². The number of benzene rings is 3. The molecule has 1 amide bonds. The number of hydrogen-bond acceptors (Lipinski definition) is 5. The highest BCUT2D eigenvalue weighted by Crippen LogP contribution is 2.36. The van der Waals surface area contributed by atoms with Crippen molar-refractivity contribution in [2.45, 2.75) is 38.3 Å². The summed E-state index contributed by atoms with van der Waals surface area (Å²) in [5, 5.41) is 3.22. The molecule has 0 radical (unpaired) electrons. The molecule has 1 fully saturated rings. The lowest BCUT2D eigenvalue weighted by Gasteiger charge is -2.34. The molecule has 3 atom stereocenters. The van der Waals surface area contributed by atoms with Gasteiger partial charge in [-0.2, -0.15) is 0 Å². The van der Waals surface area contributed by atoms with E-state index >= 15 is 0 Å². The summed E-state index contributed by atoms with van der Waals surface area (Å²) in [4.78, 5) is 20.6. The molecular formula is C32H35N3O3. The van der Waals surface area contributed by atoms with Crippen LogP contribution in [-0.2, 0) is 4.74 Å². The Balaban J connectivity index is 1.57. The van der Waals surface area contributed by atoms with E-state index < -0.39 is 0 Å². The molecule has 1 aromatic heterocycles. The molecule has 38 heavy (non-hydrogen) atoms. The monoisotopic (exact) mass is 509 g/mol. The molecule has 1 aliphatic rings. The van der Waals surface area contributed by atoms with Crippen molar-refractivity contribution in [3.05, 3.63) is 84.6 Å². The van der Waals surface area contributed by atoms with Crippen LogP contribution in [-0.4, -0.2) is 44.2 Å². The Kier molecular flexibility index (Phi) is 7.61. The first-order valence-corrected chi connectivity index (χ1v) is 13.2. The van der Waals surface area contributed by atoms with E-state index in [1.807, 2.05) is 85.7 Å². The standard InChI is InChI=1S/C32H35N3O3/c1-21-14-19-28(37-4)27(20-21)33-31(36)29-30(23-15-17-24(18-16-23)35(2)3)38-32(34-29)26-13-9-8-12-25(26)22-10-6-5-7-11-22/h5-13,15-18,21,27-28H,14,19-20H2,1-4H3,(H,33,36). The fourth-order valence-corrected chi connectivity index (χ4v) is 5.26. The van der Waals surface area contributed by atoms with Gasteiger partial charge in [-0.15, -0.1) is 0 Å². The molecule has 0 spiro atoms. The molecular weight excluding hydrogens is 474 g/mol. The van der Waals surface area contributed by atoms with Gasteiger partial charge in [0.2, 0.25) is 5.89 Å². The minimum absolute atomic E-state index is 0.0110. The predicted molar refractivity (Wildman–Crippen MR) is 152 cm³/mol. The summed E-state index contributed by atoms with van der Waals surface area (Å²) in [5.41, 5.74) is 5.04. The van der Waals surface area contributed by atoms with Gasteiger partial charge in [0.05, 0.1) is 12.1 Å². The number of amides is 1. The van der Waals surface area contributed by atoms with E-state index in [0.717, 1.165) is 47.2 Å². The largest absolute Gasteiger partial charge is 0.435 e. The van der Waals surface area contributed by atoms with Crippen molar-refractivity contribution in [3.8, 4) is 33.9 Å². The Morgan fingerprint density at radius 3 is 2.29 bits per heavy atom. The average Bonchev–Trinajstić information content (AvgIpc) is 3.39. The predicted octanol–water partition coefficient (Wildman–Crippen LogP) is 6.68. The Bertz CT molecular complexity index is 1380. The molecule has 6 heteroatoms. The summed E-state index contributed by atoms with van der Waals surface area (Å²) in [6.07, 6.45) is 2.89. The molecule has 5 rings (SSSR count). The summed E-state index contributed by atoms with van der Waals surface area (Å²) in [6.45, 7) is 2.22. The number of rotatable bonds is 7. The zero-order chi connectivity index (χ0) is 26.6. The van der Waals surface area contributed by atoms with Gasteiger partial charge in [-0.1, -0.05) is 55.5 Å². The number of nitrogens with zero attached hydrogens (tertiary/aromatic N) is 2. The first kappa shape index (κ1) is 25.7. The lowest BCUT2D eigenvalue weighted by atomic mass is 9.84. The summed E-state index contributed by atoms with van der Waals surface area (Å²) in [6, 6.07) is 26.0. The fraction of sp³-hybridized carbons (Fsp3) is 0.312. The van der Waals surface area contributed by atoms with Gasteiger partial charge in [0.25, 0.3) is 5.91 Å². The average molecular weight is 510 g/mol. The first-order chi connectivity index (χ1) is 18.4. The third kappa shape index (κ3) is 5.36. The van der Waals surface area contributed by atoms with Crippen LogP contribution in [0.4, 0.5) is 5.69 Å². The van der Waals surface area contributed by atoms with Gasteiger partial charge in [0.15, 0.2) is 11.5 Å². The number of carbonyl (C=O) groups excluding carboxylic acids is 1. The van der Waals surface area contributed by atoms with Crippen molar-refractivity contribution >= 4 is 11.6 Å². The summed E-state index contributed by atoms with van der Waals surface area (Å²) >= 11 is 0. The Morgan fingerprint density at radius 2 is 1.61 bits per heavy atom. The Hall–Kier alpha value is -3.90. The maximum absolute atomic E-state index is 13.8. The highest BCUT2D eigenvalue weighted by molar-refractivity contribution is 5.99. The number of hydrogen-bond donors (Lipinski definition) is 1. The fourth-order valence-electron chi connectivity index (χ4n) is 5.26. The Labute approximate surface area is 224 Å². The van der Waals surface area contributed by atoms with Gasteiger partial charge in [-0.25, -0.2) is 4.98 Å². The number of aromatic nitrogens is 1. The zero-order valence-corrected chi connectivity index (χ0v) is 22.5. The normalized spacial score (nSPS) is 19.2. The van der Waals surface area contributed by atoms with Crippen LogP contribution in [0, 0.1) is 5.92 Å². The molecule has 3 unspecified atom stereocenters. The zero-order valence-electron chi connectivity index (χ0n) is 22.5. The van der Waals surface area contributed by atoms with Crippen molar-refractivity contribution < 1.29 is 13.9 Å². The quantitative estimate of drug-likeness (QED) is 0.301. The van der Waals surface area contributed by atoms with E-state index in [1.165, 1.54) is 0 Å². The van der Waals surface area contributed by atoms with Crippen LogP contribution < -0.4 is 10.2 Å². The van der Waals surface area contributed by atoms with Gasteiger partial charge in [-0.05, 0) is 66.6 Å². The van der Waals surface area contributed by atoms with Crippen molar-refractivity contribution in [1.29, 1.82) is 0 Å². The third-order valence-electron chi connectivity index (χ3n) is 7.40. The molecule has 0 aliphatic heterocycles. The summed E-state index contributed by atoms with van der Waals surface area (Å²) < 4.78 is 12.1. The van der Waals surface area contributed by atoms with E-state index in [0.29, 0.717) is 17.6 Å². The summed E-state index contributed by atoms with van der Waals surface area (Å²) in [5.74, 6) is 1.16. The number of ether oxygens (including phenoxy) is 1. The van der Waals surface area contributed by atoms with E-state index in [1.54, 1.807) is 7.11 Å². The van der Waals surface area contributed by atoms with Gasteiger partial charge in [0, 0.05) is 38.0 Å². The van der Waals surface area contributed by atoms with Crippen LogP contribution in [0.2, 0.25) is 0 Å². The first-order valence-electron chi connectivity index (χ1n) is 13.2. The maximum Gasteiger partial charge on any atom is 0.274 e. The van der Waals surface area contributed by atoms with Crippen LogP contribution >= 0.6 is 0 Å². The van der Waals surface area contributed by atoms with Gasteiger partial charge >= 0.3 is 0 Å². The minimum Gasteiger partial charge on any atom is -0.435 e. The van der Waals surface area contributed by atoms with Gasteiger partial charge < -0.3 is 19.4 Å². The molecule has 4 aromatic rings. The molecule has 1 saturated carbocycles. The van der Waals surface area contributed by atoms with E-state index in [9.17, 15) is 4.79 Å². The van der Waals surface area contributed by atoms with E-state index in [2.05, 4.69) is 24.4 Å². The molecule has 6 nitrogen and oxygen atoms in total. The number of methoxy groups -OCH3 is 1. The summed E-state index contributed by atoms with van der Waals surface area (Å²) in [7, 11) is 5.71. The second-order valence-electron chi connectivity index (χ2n) is 10.3. The van der Waals surface area contributed by atoms with Crippen molar-refractivity contribution in [2.24, 2.45) is 5.92 Å². The minimum atomic E-state index is -0.245. The lowest BCUT2D eigenvalue weighted by Crippen LogP contribution is -2.47. The van der Waals surface area contributed by atoms with Crippen LogP contribution in [0.1, 0.15) is 36.7 Å². The topological polar surface area (TPSA) is 67.6 Å². The molecule has 3 aromatic carbocycles. The number of carbonyl (C=O) groups is 1. The molecule has 0 bridgehead atoms. The molecule has 196 valence electrons. The van der Waals surface area contributed by atoms with Crippen molar-refractivity contribution in [2.75, 3.05) is 26.1 Å². The van der Waals surface area contributed by atoms with Gasteiger partial charge in [0.1, 0.15) is 0 Å². The SMILES string of the molecule is COC1CCC(C)CC1NC(=O)c1nc(-c2ccccc2-c2ccccc2)oc1-c1ccc(N(C)C)cc1. The highest BCUT2D eigenvalue weighted by Gasteiger charge is 2.32. The molecule has 1 aliphatic carbocycles. The lowest BCUT2D eigenvalue weighted by molar-refractivity contribution is 0.0283. The highest BCUT2D eigenvalue weighted by atomic mass is 16.5. The van der Waals surface area contributed by atoms with Crippen LogP contribution in [0.3, 0.4) is 0 Å². The van der Waals surface area contributed by atoms with E-state index in [4.69, 9.17) is 14.1 Å². The molecule has 1 heterocycles. The Morgan fingerprint density at radius 1 is 0.921 bits per heavy atom. The van der Waals surface area contributed by atoms with Crippen molar-refractivity contribution in [3.63, 3.8) is 0 Å². The molecule has 1 N–H and O–H groups in total. The number of nitrogens with one attached hydrogen (secondary N) is 1. The number of oxazole rings is 1. The second-order valence-corrected chi connectivity index (χ2v) is 10.3. The van der Waals surface area contributed by atoms with Crippen LogP contribution in [0.25, 0.3) is 33.9 Å². The van der Waals surface area contributed by atoms with Crippen LogP contribution in [0.15, 0.2) is 83.3 Å². The van der Waals surface area contributed by atoms with Crippen molar-refractivity contribution in [1.82, 2.24) is 10.3 Å².